The van der Waals surface area contributed by atoms with E-state index in [1.807, 2.05) is 12.1 Å². The van der Waals surface area contributed by atoms with Gasteiger partial charge in [-0.2, -0.15) is 0 Å². The van der Waals surface area contributed by atoms with Gasteiger partial charge >= 0.3 is 0 Å². The largest absolute Gasteiger partial charge is 0.381 e. The number of ether oxygens (including phenoxy) is 1. The van der Waals surface area contributed by atoms with Gasteiger partial charge in [0.15, 0.2) is 0 Å². The van der Waals surface area contributed by atoms with Gasteiger partial charge < -0.3 is 10.1 Å². The minimum Gasteiger partial charge on any atom is -0.381 e. The Labute approximate surface area is 116 Å². The first kappa shape index (κ1) is 13.3. The van der Waals surface area contributed by atoms with Gasteiger partial charge in [-0.05, 0) is 49.1 Å². The lowest BCUT2D eigenvalue weighted by atomic mass is 10.0. The van der Waals surface area contributed by atoms with E-state index in [0.717, 1.165) is 47.3 Å². The van der Waals surface area contributed by atoms with Gasteiger partial charge in [0.1, 0.15) is 0 Å². The molecule has 0 unspecified atom stereocenters. The Kier molecular flexibility index (Phi) is 5.29. The van der Waals surface area contributed by atoms with E-state index in [0.29, 0.717) is 0 Å². The zero-order valence-electron chi connectivity index (χ0n) is 9.72. The average Bonchev–Trinajstić information content (AvgIpc) is 2.35. The van der Waals surface area contributed by atoms with E-state index in [-0.39, 0.29) is 0 Å². The maximum atomic E-state index is 6.14. The number of hydrogen-bond donors (Lipinski definition) is 1. The predicted molar refractivity (Wildman–Crippen MR) is 74.4 cm³/mol. The molecule has 1 aromatic rings. The lowest BCUT2D eigenvalue weighted by Crippen LogP contribution is -2.27. The van der Waals surface area contributed by atoms with Crippen molar-refractivity contribution in [2.75, 3.05) is 19.8 Å². The molecule has 1 saturated heterocycles. The zero-order chi connectivity index (χ0) is 12.1. The second-order valence-electron chi connectivity index (χ2n) is 4.42. The molecule has 17 heavy (non-hydrogen) atoms. The summed E-state index contributed by atoms with van der Waals surface area (Å²) in [6.07, 6.45) is 2.33. The molecule has 1 fully saturated rings. The molecule has 1 aliphatic rings. The van der Waals surface area contributed by atoms with Gasteiger partial charge in [-0.1, -0.05) is 27.5 Å². The highest BCUT2D eigenvalue weighted by atomic mass is 79.9. The van der Waals surface area contributed by atoms with Crippen molar-refractivity contribution in [3.8, 4) is 0 Å². The fourth-order valence-electron chi connectivity index (χ4n) is 2.04. The van der Waals surface area contributed by atoms with Crippen molar-refractivity contribution in [2.24, 2.45) is 5.92 Å². The maximum absolute atomic E-state index is 6.14. The van der Waals surface area contributed by atoms with Crippen LogP contribution in [0.1, 0.15) is 18.4 Å². The maximum Gasteiger partial charge on any atom is 0.0469 e. The van der Waals surface area contributed by atoms with E-state index in [1.54, 1.807) is 0 Å². The Morgan fingerprint density at radius 2 is 2.12 bits per heavy atom. The van der Waals surface area contributed by atoms with Gasteiger partial charge in [-0.15, -0.1) is 0 Å². The fourth-order valence-corrected chi connectivity index (χ4v) is 2.63. The monoisotopic (exact) mass is 317 g/mol. The lowest BCUT2D eigenvalue weighted by Gasteiger charge is -2.22. The molecule has 4 heteroatoms. The van der Waals surface area contributed by atoms with Crippen LogP contribution in [0.4, 0.5) is 0 Å². The standard InChI is InChI=1S/C13H17BrClNO/c14-12-1-2-13(15)11(7-12)9-16-8-10-3-5-17-6-4-10/h1-2,7,10,16H,3-6,8-9H2. The van der Waals surface area contributed by atoms with E-state index >= 15 is 0 Å². The van der Waals surface area contributed by atoms with Gasteiger partial charge in [-0.3, -0.25) is 0 Å². The van der Waals surface area contributed by atoms with Crippen LogP contribution in [-0.2, 0) is 11.3 Å². The van der Waals surface area contributed by atoms with Crippen LogP contribution in [0.25, 0.3) is 0 Å². The van der Waals surface area contributed by atoms with Gasteiger partial charge in [0.2, 0.25) is 0 Å². The average molecular weight is 319 g/mol. The second kappa shape index (κ2) is 6.74. The van der Waals surface area contributed by atoms with Crippen molar-refractivity contribution >= 4 is 27.5 Å². The topological polar surface area (TPSA) is 21.3 Å². The van der Waals surface area contributed by atoms with Crippen LogP contribution >= 0.6 is 27.5 Å². The Bertz CT molecular complexity index is 366. The minimum atomic E-state index is 0.745. The highest BCUT2D eigenvalue weighted by Gasteiger charge is 2.13. The van der Waals surface area contributed by atoms with Crippen molar-refractivity contribution in [1.82, 2.24) is 5.32 Å². The summed E-state index contributed by atoms with van der Waals surface area (Å²) in [7, 11) is 0. The van der Waals surface area contributed by atoms with E-state index < -0.39 is 0 Å². The quantitative estimate of drug-likeness (QED) is 0.915. The molecule has 0 atom stereocenters. The number of hydrogen-bond acceptors (Lipinski definition) is 2. The van der Waals surface area contributed by atoms with Crippen LogP contribution in [0.5, 0.6) is 0 Å². The first-order valence-corrected chi connectivity index (χ1v) is 7.15. The van der Waals surface area contributed by atoms with Gasteiger partial charge in [0.25, 0.3) is 0 Å². The summed E-state index contributed by atoms with van der Waals surface area (Å²) in [6, 6.07) is 5.96. The molecule has 0 aliphatic carbocycles. The fraction of sp³-hybridized carbons (Fsp3) is 0.538. The van der Waals surface area contributed by atoms with E-state index in [4.69, 9.17) is 16.3 Å². The third-order valence-corrected chi connectivity index (χ3v) is 3.96. The summed E-state index contributed by atoms with van der Waals surface area (Å²) in [5.74, 6) is 0.745. The number of halogens is 2. The summed E-state index contributed by atoms with van der Waals surface area (Å²) in [4.78, 5) is 0. The molecule has 0 aromatic heterocycles. The number of rotatable bonds is 4. The molecule has 94 valence electrons. The molecule has 0 saturated carbocycles. The summed E-state index contributed by atoms with van der Waals surface area (Å²) in [5.41, 5.74) is 1.15. The molecular formula is C13H17BrClNO. The van der Waals surface area contributed by atoms with Crippen LogP contribution in [0.3, 0.4) is 0 Å². The van der Waals surface area contributed by atoms with Gasteiger partial charge in [0, 0.05) is 29.3 Å². The Balaban J connectivity index is 1.79. The van der Waals surface area contributed by atoms with E-state index in [2.05, 4.69) is 27.3 Å². The van der Waals surface area contributed by atoms with Crippen LogP contribution in [0, 0.1) is 5.92 Å². The molecule has 1 heterocycles. The summed E-state index contributed by atoms with van der Waals surface area (Å²) in [6.45, 7) is 3.69. The van der Waals surface area contributed by atoms with Crippen molar-refractivity contribution < 1.29 is 4.74 Å². The van der Waals surface area contributed by atoms with Gasteiger partial charge in [-0.25, -0.2) is 0 Å². The molecule has 2 rings (SSSR count). The van der Waals surface area contributed by atoms with Crippen LogP contribution in [0.2, 0.25) is 5.02 Å². The number of benzene rings is 1. The van der Waals surface area contributed by atoms with E-state index in [9.17, 15) is 0 Å². The van der Waals surface area contributed by atoms with Crippen molar-refractivity contribution in [3.63, 3.8) is 0 Å². The second-order valence-corrected chi connectivity index (χ2v) is 5.75. The molecule has 0 radical (unpaired) electrons. The molecule has 0 bridgehead atoms. The molecule has 1 aliphatic heterocycles. The lowest BCUT2D eigenvalue weighted by molar-refractivity contribution is 0.0662. The predicted octanol–water partition coefficient (Wildman–Crippen LogP) is 3.62. The molecular weight excluding hydrogens is 302 g/mol. The van der Waals surface area contributed by atoms with Crippen LogP contribution < -0.4 is 5.32 Å². The first-order valence-electron chi connectivity index (χ1n) is 5.98. The summed E-state index contributed by atoms with van der Waals surface area (Å²) < 4.78 is 6.42. The Hall–Kier alpha value is -0.0900. The minimum absolute atomic E-state index is 0.745. The highest BCUT2D eigenvalue weighted by molar-refractivity contribution is 9.10. The zero-order valence-corrected chi connectivity index (χ0v) is 12.1. The smallest absolute Gasteiger partial charge is 0.0469 e. The van der Waals surface area contributed by atoms with Gasteiger partial charge in [0.05, 0.1) is 0 Å². The Morgan fingerprint density at radius 1 is 1.35 bits per heavy atom. The first-order chi connectivity index (χ1) is 8.25. The SMILES string of the molecule is Clc1ccc(Br)cc1CNCC1CCOCC1. The van der Waals surface area contributed by atoms with Crippen molar-refractivity contribution in [1.29, 1.82) is 0 Å². The highest BCUT2D eigenvalue weighted by Crippen LogP contribution is 2.21. The normalized spacial score (nSPS) is 17.3. The molecule has 1 N–H and O–H groups in total. The summed E-state index contributed by atoms with van der Waals surface area (Å²) in [5, 5.41) is 4.31. The number of nitrogens with one attached hydrogen (secondary N) is 1. The summed E-state index contributed by atoms with van der Waals surface area (Å²) >= 11 is 9.60. The molecule has 0 spiro atoms. The van der Waals surface area contributed by atoms with Crippen molar-refractivity contribution in [3.05, 3.63) is 33.3 Å². The molecule has 2 nitrogen and oxygen atoms in total. The molecule has 0 amide bonds. The third kappa shape index (κ3) is 4.25. The van der Waals surface area contributed by atoms with Crippen LogP contribution in [0.15, 0.2) is 22.7 Å². The van der Waals surface area contributed by atoms with Crippen molar-refractivity contribution in [2.45, 2.75) is 19.4 Å². The Morgan fingerprint density at radius 3 is 2.88 bits per heavy atom. The third-order valence-electron chi connectivity index (χ3n) is 3.10. The van der Waals surface area contributed by atoms with Crippen LogP contribution in [-0.4, -0.2) is 19.8 Å². The molecule has 1 aromatic carbocycles. The van der Waals surface area contributed by atoms with E-state index in [1.165, 1.54) is 12.8 Å².